The van der Waals surface area contributed by atoms with E-state index in [9.17, 15) is 9.90 Å². The summed E-state index contributed by atoms with van der Waals surface area (Å²) in [7, 11) is 0. The zero-order valence-electron chi connectivity index (χ0n) is 6.41. The third-order valence-electron chi connectivity index (χ3n) is 1.93. The van der Waals surface area contributed by atoms with E-state index in [0.29, 0.717) is 17.7 Å². The summed E-state index contributed by atoms with van der Waals surface area (Å²) in [6.45, 7) is 0.449. The number of ether oxygens (including phenoxy) is 1. The number of rotatable bonds is 0. The fourth-order valence-corrected chi connectivity index (χ4v) is 1.31. The lowest BCUT2D eigenvalue weighted by molar-refractivity contribution is 0.0659. The van der Waals surface area contributed by atoms with Gasteiger partial charge in [0.1, 0.15) is 12.4 Å². The largest absolute Gasteiger partial charge is 0.508 e. The molecule has 0 spiro atoms. The summed E-state index contributed by atoms with van der Waals surface area (Å²) < 4.78 is 4.98. The van der Waals surface area contributed by atoms with Crippen molar-refractivity contribution in [1.82, 2.24) is 0 Å². The third kappa shape index (κ3) is 0.987. The highest BCUT2D eigenvalue weighted by Gasteiger charge is 2.19. The zero-order chi connectivity index (χ0) is 8.55. The molecular formula is C9H8O3. The van der Waals surface area contributed by atoms with E-state index in [0.717, 1.165) is 0 Å². The van der Waals surface area contributed by atoms with Crippen molar-refractivity contribution in [3.05, 3.63) is 29.3 Å². The van der Waals surface area contributed by atoms with Gasteiger partial charge in [0.05, 0.1) is 6.61 Å². The van der Waals surface area contributed by atoms with Crippen molar-refractivity contribution in [2.75, 3.05) is 6.61 Å². The number of carbonyl (C=O) groups excluding carboxylic acids is 1. The Morgan fingerprint density at radius 2 is 2.17 bits per heavy atom. The average Bonchev–Trinajstić information content (AvgIpc) is 2.07. The van der Waals surface area contributed by atoms with Crippen LogP contribution >= 0.6 is 0 Å². The Balaban J connectivity index is 2.59. The van der Waals surface area contributed by atoms with Gasteiger partial charge < -0.3 is 9.84 Å². The number of hydrogen-bond acceptors (Lipinski definition) is 3. The van der Waals surface area contributed by atoms with Crippen molar-refractivity contribution < 1.29 is 14.6 Å². The van der Waals surface area contributed by atoms with Crippen LogP contribution in [-0.2, 0) is 11.3 Å². The minimum absolute atomic E-state index is 0.0628. The second kappa shape index (κ2) is 2.60. The van der Waals surface area contributed by atoms with Crippen LogP contribution in [0.15, 0.2) is 18.2 Å². The van der Waals surface area contributed by atoms with Gasteiger partial charge in [0.15, 0.2) is 5.78 Å². The van der Waals surface area contributed by atoms with Gasteiger partial charge in [0.2, 0.25) is 0 Å². The molecule has 0 aliphatic carbocycles. The molecule has 1 aliphatic rings. The van der Waals surface area contributed by atoms with E-state index in [-0.39, 0.29) is 18.1 Å². The molecule has 1 aromatic carbocycles. The number of phenols is 1. The van der Waals surface area contributed by atoms with Crippen molar-refractivity contribution in [1.29, 1.82) is 0 Å². The number of aromatic hydroxyl groups is 1. The molecule has 0 atom stereocenters. The molecular weight excluding hydrogens is 156 g/mol. The number of Topliss-reactive ketones (excluding diaryl/α,β-unsaturated/α-hetero) is 1. The molecule has 0 aromatic heterocycles. The van der Waals surface area contributed by atoms with Gasteiger partial charge in [-0.2, -0.15) is 0 Å². The lowest BCUT2D eigenvalue weighted by atomic mass is 10.0. The number of hydrogen-bond donors (Lipinski definition) is 1. The second-order valence-electron chi connectivity index (χ2n) is 2.72. The maximum atomic E-state index is 11.2. The summed E-state index contributed by atoms with van der Waals surface area (Å²) in [4.78, 5) is 11.2. The van der Waals surface area contributed by atoms with Crippen molar-refractivity contribution in [2.24, 2.45) is 0 Å². The fourth-order valence-electron chi connectivity index (χ4n) is 1.31. The quantitative estimate of drug-likeness (QED) is 0.624. The molecule has 0 saturated carbocycles. The minimum atomic E-state index is -0.0628. The summed E-state index contributed by atoms with van der Waals surface area (Å²) in [6.07, 6.45) is 0. The summed E-state index contributed by atoms with van der Waals surface area (Å²) >= 11 is 0. The van der Waals surface area contributed by atoms with Gasteiger partial charge >= 0.3 is 0 Å². The van der Waals surface area contributed by atoms with Crippen LogP contribution in [0.25, 0.3) is 0 Å². The second-order valence-corrected chi connectivity index (χ2v) is 2.72. The third-order valence-corrected chi connectivity index (χ3v) is 1.93. The highest BCUT2D eigenvalue weighted by molar-refractivity contribution is 5.99. The number of carbonyl (C=O) groups is 1. The summed E-state index contributed by atoms with van der Waals surface area (Å²) in [5.74, 6) is 0.0766. The Morgan fingerprint density at radius 1 is 1.33 bits per heavy atom. The van der Waals surface area contributed by atoms with Crippen LogP contribution in [-0.4, -0.2) is 17.5 Å². The smallest absolute Gasteiger partial charge is 0.188 e. The molecule has 3 heteroatoms. The first-order chi connectivity index (χ1) is 5.79. The van der Waals surface area contributed by atoms with Crippen LogP contribution < -0.4 is 0 Å². The maximum absolute atomic E-state index is 11.2. The number of fused-ring (bicyclic) bond motifs is 1. The molecule has 12 heavy (non-hydrogen) atoms. The molecule has 0 radical (unpaired) electrons. The number of benzene rings is 1. The van der Waals surface area contributed by atoms with Crippen LogP contribution in [0.3, 0.4) is 0 Å². The lowest BCUT2D eigenvalue weighted by Gasteiger charge is -2.15. The normalized spacial score (nSPS) is 15.8. The molecule has 0 fully saturated rings. The van der Waals surface area contributed by atoms with Gasteiger partial charge in [-0.15, -0.1) is 0 Å². The molecule has 2 rings (SSSR count). The van der Waals surface area contributed by atoms with E-state index >= 15 is 0 Å². The first-order valence-corrected chi connectivity index (χ1v) is 3.71. The van der Waals surface area contributed by atoms with Crippen LogP contribution in [0.4, 0.5) is 0 Å². The summed E-state index contributed by atoms with van der Waals surface area (Å²) in [5, 5.41) is 9.34. The molecule has 1 heterocycles. The topological polar surface area (TPSA) is 46.5 Å². The Bertz CT molecular complexity index is 331. The predicted molar refractivity (Wildman–Crippen MR) is 42.1 cm³/mol. The van der Waals surface area contributed by atoms with E-state index in [2.05, 4.69) is 0 Å². The van der Waals surface area contributed by atoms with Gasteiger partial charge in [-0.3, -0.25) is 4.79 Å². The molecule has 0 bridgehead atoms. The molecule has 3 nitrogen and oxygen atoms in total. The lowest BCUT2D eigenvalue weighted by Crippen LogP contribution is -2.17. The highest BCUT2D eigenvalue weighted by atomic mass is 16.5. The van der Waals surface area contributed by atoms with Gasteiger partial charge in [0.25, 0.3) is 0 Å². The maximum Gasteiger partial charge on any atom is 0.188 e. The molecule has 0 unspecified atom stereocenters. The van der Waals surface area contributed by atoms with E-state index < -0.39 is 0 Å². The van der Waals surface area contributed by atoms with Crippen LogP contribution in [0.1, 0.15) is 15.9 Å². The fraction of sp³-hybridized carbons (Fsp3) is 0.222. The van der Waals surface area contributed by atoms with E-state index in [1.54, 1.807) is 18.2 Å². The molecule has 1 aliphatic heterocycles. The Labute approximate surface area is 69.6 Å². The van der Waals surface area contributed by atoms with Crippen molar-refractivity contribution >= 4 is 5.78 Å². The van der Waals surface area contributed by atoms with Crippen molar-refractivity contribution in [3.63, 3.8) is 0 Å². The molecule has 1 N–H and O–H groups in total. The van der Waals surface area contributed by atoms with E-state index in [1.807, 2.05) is 0 Å². The van der Waals surface area contributed by atoms with E-state index in [4.69, 9.17) is 4.74 Å². The average molecular weight is 164 g/mol. The van der Waals surface area contributed by atoms with Crippen molar-refractivity contribution in [3.8, 4) is 5.75 Å². The Morgan fingerprint density at radius 3 is 2.92 bits per heavy atom. The Hall–Kier alpha value is -1.35. The first-order valence-electron chi connectivity index (χ1n) is 3.71. The van der Waals surface area contributed by atoms with Gasteiger partial charge in [-0.05, 0) is 6.07 Å². The van der Waals surface area contributed by atoms with Gasteiger partial charge in [-0.1, -0.05) is 12.1 Å². The zero-order valence-corrected chi connectivity index (χ0v) is 6.41. The van der Waals surface area contributed by atoms with Crippen LogP contribution in [0.5, 0.6) is 5.75 Å². The van der Waals surface area contributed by atoms with E-state index in [1.165, 1.54) is 0 Å². The minimum Gasteiger partial charge on any atom is -0.508 e. The van der Waals surface area contributed by atoms with Crippen LogP contribution in [0.2, 0.25) is 0 Å². The molecule has 62 valence electrons. The van der Waals surface area contributed by atoms with Gasteiger partial charge in [-0.25, -0.2) is 0 Å². The molecule has 0 amide bonds. The predicted octanol–water partition coefficient (Wildman–Crippen LogP) is 1.11. The highest BCUT2D eigenvalue weighted by Crippen LogP contribution is 2.25. The SMILES string of the molecule is O=C1COCc2c(O)cccc21. The standard InChI is InChI=1S/C9H8O3/c10-8-3-1-2-6-7(8)4-12-5-9(6)11/h1-3,10H,4-5H2. The monoisotopic (exact) mass is 164 g/mol. The number of ketones is 1. The molecule has 0 saturated heterocycles. The number of phenolic OH excluding ortho intramolecular Hbond substituents is 1. The summed E-state index contributed by atoms with van der Waals surface area (Å²) in [5.41, 5.74) is 1.19. The molecule has 1 aromatic rings. The van der Waals surface area contributed by atoms with Crippen molar-refractivity contribution in [2.45, 2.75) is 6.61 Å². The Kier molecular flexibility index (Phi) is 1.59. The van der Waals surface area contributed by atoms with Crippen LogP contribution in [0, 0.1) is 0 Å². The van der Waals surface area contributed by atoms with Gasteiger partial charge in [0, 0.05) is 11.1 Å². The summed E-state index contributed by atoms with van der Waals surface area (Å²) in [6, 6.07) is 4.93. The first kappa shape index (κ1) is 7.31.